The third kappa shape index (κ3) is 5.88. The Labute approximate surface area is 176 Å². The van der Waals surface area contributed by atoms with Crippen molar-refractivity contribution in [2.24, 2.45) is 0 Å². The molecule has 10 heteroatoms. The molecular formula is C19H21N5O3S2. The summed E-state index contributed by atoms with van der Waals surface area (Å²) in [4.78, 5) is 24.2. The van der Waals surface area contributed by atoms with E-state index in [1.165, 1.54) is 22.1 Å². The zero-order valence-corrected chi connectivity index (χ0v) is 17.8. The van der Waals surface area contributed by atoms with Gasteiger partial charge in [-0.1, -0.05) is 30.0 Å². The molecule has 2 aromatic heterocycles. The quantitative estimate of drug-likeness (QED) is 0.410. The fraction of sp³-hybridized carbons (Fsp3) is 0.316. The van der Waals surface area contributed by atoms with E-state index < -0.39 is 0 Å². The molecule has 0 saturated carbocycles. The van der Waals surface area contributed by atoms with E-state index in [0.29, 0.717) is 23.8 Å². The number of aryl methyl sites for hydroxylation is 1. The lowest BCUT2D eigenvalue weighted by Gasteiger charge is -2.08. The number of nitrogens with zero attached hydrogens (tertiary/aromatic N) is 4. The Balaban J connectivity index is 1.56. The van der Waals surface area contributed by atoms with Gasteiger partial charge in [0.25, 0.3) is 5.56 Å². The van der Waals surface area contributed by atoms with Gasteiger partial charge >= 0.3 is 0 Å². The van der Waals surface area contributed by atoms with Crippen LogP contribution in [-0.4, -0.2) is 38.7 Å². The molecule has 0 aliphatic carbocycles. The number of hydrogen-bond acceptors (Lipinski definition) is 8. The van der Waals surface area contributed by atoms with E-state index in [-0.39, 0.29) is 17.9 Å². The Hall–Kier alpha value is -2.72. The van der Waals surface area contributed by atoms with Crippen molar-refractivity contribution >= 4 is 34.1 Å². The van der Waals surface area contributed by atoms with Gasteiger partial charge in [0.2, 0.25) is 11.0 Å². The molecule has 2 heterocycles. The van der Waals surface area contributed by atoms with Crippen molar-refractivity contribution in [1.29, 1.82) is 0 Å². The summed E-state index contributed by atoms with van der Waals surface area (Å²) < 4.78 is 7.37. The minimum Gasteiger partial charge on any atom is -0.497 e. The Morgan fingerprint density at radius 1 is 1.21 bits per heavy atom. The van der Waals surface area contributed by atoms with Crippen molar-refractivity contribution in [2.45, 2.75) is 30.6 Å². The van der Waals surface area contributed by atoms with Crippen LogP contribution in [0.15, 0.2) is 45.5 Å². The predicted octanol–water partition coefficient (Wildman–Crippen LogP) is 3.30. The molecule has 0 aliphatic heterocycles. The summed E-state index contributed by atoms with van der Waals surface area (Å²) in [5.74, 6) is 1.50. The van der Waals surface area contributed by atoms with E-state index in [4.69, 9.17) is 4.74 Å². The number of carbonyl (C=O) groups excluding carboxylic acids is 1. The van der Waals surface area contributed by atoms with Crippen molar-refractivity contribution < 1.29 is 9.53 Å². The van der Waals surface area contributed by atoms with Crippen LogP contribution in [0.25, 0.3) is 11.3 Å². The number of rotatable bonds is 9. The lowest BCUT2D eigenvalue weighted by molar-refractivity contribution is -0.116. The molecule has 0 saturated heterocycles. The molecule has 1 aromatic carbocycles. The maximum atomic E-state index is 12.1. The van der Waals surface area contributed by atoms with Crippen LogP contribution < -0.4 is 15.6 Å². The van der Waals surface area contributed by atoms with Crippen molar-refractivity contribution in [3.8, 4) is 17.0 Å². The average molecular weight is 432 g/mol. The number of ether oxygens (including phenoxy) is 1. The molecule has 0 aliphatic rings. The van der Waals surface area contributed by atoms with Gasteiger partial charge in [-0.3, -0.25) is 9.59 Å². The first kappa shape index (κ1) is 21.0. The first-order valence-corrected chi connectivity index (χ1v) is 10.9. The van der Waals surface area contributed by atoms with Gasteiger partial charge in [-0.15, -0.1) is 10.2 Å². The van der Waals surface area contributed by atoms with Crippen molar-refractivity contribution in [3.05, 3.63) is 46.8 Å². The molecule has 0 fully saturated rings. The maximum absolute atomic E-state index is 12.1. The van der Waals surface area contributed by atoms with Gasteiger partial charge in [0.1, 0.15) is 5.75 Å². The molecule has 0 atom stereocenters. The second kappa shape index (κ2) is 10.2. The number of nitrogens with one attached hydrogen (secondary N) is 1. The molecule has 0 bridgehead atoms. The summed E-state index contributed by atoms with van der Waals surface area (Å²) in [6.07, 6.45) is 0.747. The summed E-state index contributed by atoms with van der Waals surface area (Å²) in [6, 6.07) is 10.6. The summed E-state index contributed by atoms with van der Waals surface area (Å²) in [5, 5.41) is 15.6. The Bertz CT molecular complexity index is 1020. The van der Waals surface area contributed by atoms with Gasteiger partial charge in [0, 0.05) is 24.6 Å². The molecule has 0 radical (unpaired) electrons. The molecule has 3 aromatic rings. The summed E-state index contributed by atoms with van der Waals surface area (Å²) in [6.45, 7) is 2.38. The van der Waals surface area contributed by atoms with Gasteiger partial charge < -0.3 is 10.1 Å². The van der Waals surface area contributed by atoms with E-state index in [2.05, 4.69) is 20.6 Å². The smallest absolute Gasteiger partial charge is 0.266 e. The average Bonchev–Trinajstić information content (AvgIpc) is 3.16. The van der Waals surface area contributed by atoms with Gasteiger partial charge in [-0.2, -0.15) is 5.10 Å². The first-order chi connectivity index (χ1) is 14.1. The SMILES string of the molecule is CCSc1nnc(NC(=O)CCCn2nc(-c3ccc(OC)cc3)ccc2=O)s1. The predicted molar refractivity (Wildman–Crippen MR) is 115 cm³/mol. The lowest BCUT2D eigenvalue weighted by atomic mass is 10.1. The Morgan fingerprint density at radius 3 is 2.72 bits per heavy atom. The molecule has 152 valence electrons. The molecule has 29 heavy (non-hydrogen) atoms. The van der Waals surface area contributed by atoms with Crippen LogP contribution in [0.3, 0.4) is 0 Å². The number of thioether (sulfide) groups is 1. The van der Waals surface area contributed by atoms with Crippen LogP contribution in [0.2, 0.25) is 0 Å². The molecule has 1 amide bonds. The molecule has 3 rings (SSSR count). The molecule has 8 nitrogen and oxygen atoms in total. The second-order valence-electron chi connectivity index (χ2n) is 5.97. The number of anilines is 1. The topological polar surface area (TPSA) is 99.0 Å². The van der Waals surface area contributed by atoms with Gasteiger partial charge in [0.15, 0.2) is 4.34 Å². The van der Waals surface area contributed by atoms with Crippen LogP contribution in [0, 0.1) is 0 Å². The number of benzene rings is 1. The number of hydrogen-bond donors (Lipinski definition) is 1. The standard InChI is InChI=1S/C19H21N5O3S2/c1-3-28-19-22-21-18(29-19)20-16(25)5-4-12-24-17(26)11-10-15(23-24)13-6-8-14(27-2)9-7-13/h6-11H,3-5,12H2,1-2H3,(H,20,21,25). The fourth-order valence-corrected chi connectivity index (χ4v) is 4.20. The number of aromatic nitrogens is 4. The third-order valence-corrected chi connectivity index (χ3v) is 5.80. The highest BCUT2D eigenvalue weighted by atomic mass is 32.2. The largest absolute Gasteiger partial charge is 0.497 e. The highest BCUT2D eigenvalue weighted by Gasteiger charge is 2.09. The Morgan fingerprint density at radius 2 is 2.00 bits per heavy atom. The Kier molecular flexibility index (Phi) is 7.36. The zero-order chi connectivity index (χ0) is 20.6. The van der Waals surface area contributed by atoms with E-state index in [0.717, 1.165) is 21.4 Å². The summed E-state index contributed by atoms with van der Waals surface area (Å²) in [7, 11) is 1.61. The second-order valence-corrected chi connectivity index (χ2v) is 8.45. The maximum Gasteiger partial charge on any atom is 0.266 e. The number of methoxy groups -OCH3 is 1. The first-order valence-electron chi connectivity index (χ1n) is 9.08. The molecule has 0 spiro atoms. The minimum absolute atomic E-state index is 0.159. The number of amides is 1. The third-order valence-electron chi connectivity index (χ3n) is 3.95. The van der Waals surface area contributed by atoms with Crippen molar-refractivity contribution in [3.63, 3.8) is 0 Å². The van der Waals surface area contributed by atoms with Crippen molar-refractivity contribution in [2.75, 3.05) is 18.2 Å². The molecular weight excluding hydrogens is 410 g/mol. The van der Waals surface area contributed by atoms with Gasteiger partial charge in [-0.25, -0.2) is 4.68 Å². The van der Waals surface area contributed by atoms with Crippen LogP contribution in [0.5, 0.6) is 5.75 Å². The van der Waals surface area contributed by atoms with Gasteiger partial charge in [-0.05, 0) is 42.5 Å². The minimum atomic E-state index is -0.201. The number of carbonyl (C=O) groups is 1. The van der Waals surface area contributed by atoms with E-state index in [1.807, 2.05) is 31.2 Å². The van der Waals surface area contributed by atoms with E-state index in [9.17, 15) is 9.59 Å². The fourth-order valence-electron chi connectivity index (χ4n) is 2.54. The normalized spacial score (nSPS) is 10.7. The highest BCUT2D eigenvalue weighted by Crippen LogP contribution is 2.25. The lowest BCUT2D eigenvalue weighted by Crippen LogP contribution is -2.23. The highest BCUT2D eigenvalue weighted by molar-refractivity contribution is 8.01. The van der Waals surface area contributed by atoms with Crippen LogP contribution in [0.4, 0.5) is 5.13 Å². The molecule has 0 unspecified atom stereocenters. The van der Waals surface area contributed by atoms with Crippen LogP contribution in [-0.2, 0) is 11.3 Å². The molecule has 1 N–H and O–H groups in total. The van der Waals surface area contributed by atoms with Crippen LogP contribution in [0.1, 0.15) is 19.8 Å². The van der Waals surface area contributed by atoms with E-state index >= 15 is 0 Å². The summed E-state index contributed by atoms with van der Waals surface area (Å²) in [5.41, 5.74) is 1.37. The van der Waals surface area contributed by atoms with E-state index in [1.54, 1.807) is 24.9 Å². The van der Waals surface area contributed by atoms with Crippen LogP contribution >= 0.6 is 23.1 Å². The monoisotopic (exact) mass is 431 g/mol. The zero-order valence-electron chi connectivity index (χ0n) is 16.1. The van der Waals surface area contributed by atoms with Crippen molar-refractivity contribution in [1.82, 2.24) is 20.0 Å². The summed E-state index contributed by atoms with van der Waals surface area (Å²) >= 11 is 2.93. The van der Waals surface area contributed by atoms with Gasteiger partial charge in [0.05, 0.1) is 12.8 Å².